The van der Waals surface area contributed by atoms with Gasteiger partial charge >= 0.3 is 0 Å². The van der Waals surface area contributed by atoms with Crippen LogP contribution in [0.2, 0.25) is 0 Å². The number of carbonyl (C=O) groups excluding carboxylic acids is 1. The molecule has 3 nitrogen and oxygen atoms in total. The van der Waals surface area contributed by atoms with Crippen molar-refractivity contribution < 1.29 is 9.53 Å². The Kier molecular flexibility index (Phi) is 6.42. The molecule has 24 heavy (non-hydrogen) atoms. The van der Waals surface area contributed by atoms with E-state index in [4.69, 9.17) is 4.74 Å². The van der Waals surface area contributed by atoms with Crippen LogP contribution in [0.3, 0.4) is 0 Å². The van der Waals surface area contributed by atoms with Crippen LogP contribution in [0.25, 0.3) is 0 Å². The largest absolute Gasteiger partial charge is 0.491 e. The Bertz CT molecular complexity index is 692. The number of aryl methyl sites for hydroxylation is 2. The fraction of sp³-hybridized carbons (Fsp3) is 0.381. The lowest BCUT2D eigenvalue weighted by molar-refractivity contribution is -0.120. The van der Waals surface area contributed by atoms with Gasteiger partial charge in [0.15, 0.2) is 0 Å². The second-order valence-corrected chi connectivity index (χ2v) is 6.49. The Morgan fingerprint density at radius 2 is 1.83 bits per heavy atom. The molecule has 0 atom stereocenters. The highest BCUT2D eigenvalue weighted by molar-refractivity contribution is 5.78. The van der Waals surface area contributed by atoms with Crippen LogP contribution < -0.4 is 10.1 Å². The highest BCUT2D eigenvalue weighted by atomic mass is 16.5. The van der Waals surface area contributed by atoms with E-state index < -0.39 is 0 Å². The molecule has 0 saturated carbocycles. The minimum Gasteiger partial charge on any atom is -0.491 e. The standard InChI is InChI=1S/C21H27NO2/c1-15(2)19-7-5-6-8-20(19)24-12-11-22-21(23)14-18-10-9-16(3)17(4)13-18/h5-10,13,15H,11-12,14H2,1-4H3,(H,22,23). The van der Waals surface area contributed by atoms with E-state index in [2.05, 4.69) is 51.2 Å². The maximum atomic E-state index is 12.0. The van der Waals surface area contributed by atoms with Gasteiger partial charge in [0.2, 0.25) is 5.91 Å². The van der Waals surface area contributed by atoms with Crippen LogP contribution in [-0.4, -0.2) is 19.1 Å². The summed E-state index contributed by atoms with van der Waals surface area (Å²) in [5, 5.41) is 2.92. The number of carbonyl (C=O) groups is 1. The molecule has 0 radical (unpaired) electrons. The Hall–Kier alpha value is -2.29. The third-order valence-corrected chi connectivity index (χ3v) is 4.16. The van der Waals surface area contributed by atoms with Crippen molar-refractivity contribution in [3.8, 4) is 5.75 Å². The summed E-state index contributed by atoms with van der Waals surface area (Å²) >= 11 is 0. The first-order valence-electron chi connectivity index (χ1n) is 8.52. The summed E-state index contributed by atoms with van der Waals surface area (Å²) in [6.45, 7) is 9.42. The van der Waals surface area contributed by atoms with Gasteiger partial charge in [-0.05, 0) is 48.1 Å². The van der Waals surface area contributed by atoms with Crippen LogP contribution >= 0.6 is 0 Å². The molecule has 1 amide bonds. The van der Waals surface area contributed by atoms with Crippen LogP contribution in [0, 0.1) is 13.8 Å². The number of benzene rings is 2. The van der Waals surface area contributed by atoms with Crippen molar-refractivity contribution >= 4 is 5.91 Å². The zero-order valence-corrected chi connectivity index (χ0v) is 15.1. The first-order valence-corrected chi connectivity index (χ1v) is 8.52. The van der Waals surface area contributed by atoms with E-state index in [0.717, 1.165) is 11.3 Å². The topological polar surface area (TPSA) is 38.3 Å². The van der Waals surface area contributed by atoms with Crippen molar-refractivity contribution in [3.63, 3.8) is 0 Å². The number of amides is 1. The molecule has 128 valence electrons. The lowest BCUT2D eigenvalue weighted by atomic mass is 10.0. The maximum Gasteiger partial charge on any atom is 0.224 e. The molecule has 0 unspecified atom stereocenters. The van der Waals surface area contributed by atoms with Crippen molar-refractivity contribution in [2.24, 2.45) is 0 Å². The molecule has 0 fully saturated rings. The number of hydrogen-bond acceptors (Lipinski definition) is 2. The molecule has 0 aliphatic carbocycles. The number of nitrogens with one attached hydrogen (secondary N) is 1. The molecule has 0 spiro atoms. The summed E-state index contributed by atoms with van der Waals surface area (Å²) in [7, 11) is 0. The van der Waals surface area contributed by atoms with Crippen molar-refractivity contribution in [1.82, 2.24) is 5.32 Å². The lowest BCUT2D eigenvalue weighted by Crippen LogP contribution is -2.29. The van der Waals surface area contributed by atoms with Crippen molar-refractivity contribution in [3.05, 3.63) is 64.7 Å². The maximum absolute atomic E-state index is 12.0. The van der Waals surface area contributed by atoms with Gasteiger partial charge in [-0.15, -0.1) is 0 Å². The average molecular weight is 325 g/mol. The van der Waals surface area contributed by atoms with Crippen LogP contribution in [0.15, 0.2) is 42.5 Å². The summed E-state index contributed by atoms with van der Waals surface area (Å²) in [4.78, 5) is 12.0. The van der Waals surface area contributed by atoms with Gasteiger partial charge in [0.05, 0.1) is 13.0 Å². The number of para-hydroxylation sites is 1. The normalized spacial score (nSPS) is 10.7. The molecular formula is C21H27NO2. The van der Waals surface area contributed by atoms with Gasteiger partial charge in [-0.2, -0.15) is 0 Å². The van der Waals surface area contributed by atoms with Gasteiger partial charge in [-0.25, -0.2) is 0 Å². The van der Waals surface area contributed by atoms with Gasteiger partial charge < -0.3 is 10.1 Å². The third-order valence-electron chi connectivity index (χ3n) is 4.16. The highest BCUT2D eigenvalue weighted by Crippen LogP contribution is 2.25. The fourth-order valence-electron chi connectivity index (χ4n) is 2.60. The molecule has 3 heteroatoms. The molecule has 2 rings (SSSR count). The quantitative estimate of drug-likeness (QED) is 0.776. The summed E-state index contributed by atoms with van der Waals surface area (Å²) in [5.41, 5.74) is 4.70. The molecule has 1 N–H and O–H groups in total. The average Bonchev–Trinajstić information content (AvgIpc) is 2.55. The summed E-state index contributed by atoms with van der Waals surface area (Å²) in [6, 6.07) is 14.2. The molecule has 2 aromatic carbocycles. The Morgan fingerprint density at radius 1 is 1.08 bits per heavy atom. The monoisotopic (exact) mass is 325 g/mol. The molecule has 0 aromatic heterocycles. The summed E-state index contributed by atoms with van der Waals surface area (Å²) in [6.07, 6.45) is 0.406. The predicted octanol–water partition coefficient (Wildman–Crippen LogP) is 4.16. The van der Waals surface area contributed by atoms with E-state index in [1.807, 2.05) is 24.3 Å². The van der Waals surface area contributed by atoms with E-state index >= 15 is 0 Å². The van der Waals surface area contributed by atoms with Crippen LogP contribution in [0.1, 0.15) is 42.0 Å². The second kappa shape index (κ2) is 8.53. The van der Waals surface area contributed by atoms with E-state index in [0.29, 0.717) is 25.5 Å². The van der Waals surface area contributed by atoms with Crippen molar-refractivity contribution in [2.75, 3.05) is 13.2 Å². The first kappa shape index (κ1) is 18.1. The van der Waals surface area contributed by atoms with Crippen LogP contribution in [0.4, 0.5) is 0 Å². The van der Waals surface area contributed by atoms with Gasteiger partial charge in [-0.1, -0.05) is 50.2 Å². The zero-order chi connectivity index (χ0) is 17.5. The fourth-order valence-corrected chi connectivity index (χ4v) is 2.60. The number of rotatable bonds is 7. The molecule has 0 bridgehead atoms. The van der Waals surface area contributed by atoms with E-state index in [1.54, 1.807) is 0 Å². The lowest BCUT2D eigenvalue weighted by Gasteiger charge is -2.14. The Morgan fingerprint density at radius 3 is 2.54 bits per heavy atom. The van der Waals surface area contributed by atoms with E-state index in [1.165, 1.54) is 16.7 Å². The number of hydrogen-bond donors (Lipinski definition) is 1. The molecule has 0 saturated heterocycles. The molecule has 2 aromatic rings. The highest BCUT2D eigenvalue weighted by Gasteiger charge is 2.07. The van der Waals surface area contributed by atoms with Crippen LogP contribution in [-0.2, 0) is 11.2 Å². The summed E-state index contributed by atoms with van der Waals surface area (Å²) in [5.74, 6) is 1.34. The molecule has 0 aliphatic rings. The van der Waals surface area contributed by atoms with Crippen LogP contribution in [0.5, 0.6) is 5.75 Å². The number of ether oxygens (including phenoxy) is 1. The van der Waals surface area contributed by atoms with Crippen molar-refractivity contribution in [2.45, 2.75) is 40.0 Å². The molecule has 0 heterocycles. The minimum absolute atomic E-state index is 0.0268. The minimum atomic E-state index is 0.0268. The van der Waals surface area contributed by atoms with Crippen molar-refractivity contribution in [1.29, 1.82) is 0 Å². The van der Waals surface area contributed by atoms with Gasteiger partial charge in [0, 0.05) is 0 Å². The summed E-state index contributed by atoms with van der Waals surface area (Å²) < 4.78 is 5.82. The second-order valence-electron chi connectivity index (χ2n) is 6.49. The Balaban J connectivity index is 1.78. The smallest absolute Gasteiger partial charge is 0.224 e. The van der Waals surface area contributed by atoms with E-state index in [-0.39, 0.29) is 5.91 Å². The van der Waals surface area contributed by atoms with Gasteiger partial charge in [0.25, 0.3) is 0 Å². The first-order chi connectivity index (χ1) is 11.5. The molecular weight excluding hydrogens is 298 g/mol. The zero-order valence-electron chi connectivity index (χ0n) is 15.1. The predicted molar refractivity (Wildman–Crippen MR) is 98.7 cm³/mol. The van der Waals surface area contributed by atoms with E-state index in [9.17, 15) is 4.79 Å². The third kappa shape index (κ3) is 5.12. The molecule has 0 aliphatic heterocycles. The SMILES string of the molecule is Cc1ccc(CC(=O)NCCOc2ccccc2C(C)C)cc1C. The van der Waals surface area contributed by atoms with Gasteiger partial charge in [-0.3, -0.25) is 4.79 Å². The Labute approximate surface area is 145 Å². The van der Waals surface area contributed by atoms with Gasteiger partial charge in [0.1, 0.15) is 12.4 Å².